The van der Waals surface area contributed by atoms with Gasteiger partial charge in [-0.25, -0.2) is 0 Å². The molecule has 0 rings (SSSR count). The first-order chi connectivity index (χ1) is 1.73. The predicted octanol–water partition coefficient (Wildman–Crippen LogP) is -4.01. The third kappa shape index (κ3) is 41.2. The standard InChI is InChI=1S/CHCl3.FH.Na/c2-1(3)4;;/h1H;1H;/q;;+1/p-1. The monoisotopic (exact) mass is 160 g/mol. The molecule has 34 valence electrons. The summed E-state index contributed by atoms with van der Waals surface area (Å²) < 4.78 is -0.750. The van der Waals surface area contributed by atoms with Crippen LogP contribution < -0.4 is 34.3 Å². The van der Waals surface area contributed by atoms with Crippen LogP contribution in [0.25, 0.3) is 0 Å². The molecule has 5 heteroatoms. The zero-order valence-corrected chi connectivity index (χ0v) is 7.36. The molecule has 0 spiro atoms. The van der Waals surface area contributed by atoms with Crippen molar-refractivity contribution in [2.75, 3.05) is 0 Å². The summed E-state index contributed by atoms with van der Waals surface area (Å²) in [6.45, 7) is 0. The van der Waals surface area contributed by atoms with Crippen LogP contribution >= 0.6 is 34.8 Å². The first-order valence-corrected chi connectivity index (χ1v) is 1.96. The van der Waals surface area contributed by atoms with E-state index in [2.05, 4.69) is 0 Å². The van der Waals surface area contributed by atoms with Crippen LogP contribution in [-0.4, -0.2) is 4.30 Å². The van der Waals surface area contributed by atoms with Crippen molar-refractivity contribution in [1.82, 2.24) is 0 Å². The summed E-state index contributed by atoms with van der Waals surface area (Å²) in [7, 11) is 0. The molecule has 0 aromatic heterocycles. The van der Waals surface area contributed by atoms with Gasteiger partial charge in [-0.3, -0.25) is 0 Å². The van der Waals surface area contributed by atoms with Gasteiger partial charge in [0.1, 0.15) is 0 Å². The maximum Gasteiger partial charge on any atom is 1.00 e. The Morgan fingerprint density at radius 2 is 1.00 bits per heavy atom. The molecule has 0 fully saturated rings. The molecule has 0 heterocycles. The van der Waals surface area contributed by atoms with Crippen LogP contribution in [0.1, 0.15) is 0 Å². The van der Waals surface area contributed by atoms with Crippen molar-refractivity contribution in [2.45, 2.75) is 4.30 Å². The number of hydrogen-bond acceptors (Lipinski definition) is 0. The zero-order chi connectivity index (χ0) is 3.58. The number of rotatable bonds is 0. The van der Waals surface area contributed by atoms with E-state index in [4.69, 9.17) is 34.8 Å². The van der Waals surface area contributed by atoms with Crippen LogP contribution in [0.3, 0.4) is 0 Å². The van der Waals surface area contributed by atoms with Gasteiger partial charge in [0.05, 0.1) is 0 Å². The topological polar surface area (TPSA) is 0 Å². The van der Waals surface area contributed by atoms with Crippen molar-refractivity contribution < 1.29 is 34.3 Å². The summed E-state index contributed by atoms with van der Waals surface area (Å²) in [5.41, 5.74) is 0. The van der Waals surface area contributed by atoms with Crippen LogP contribution in [0.5, 0.6) is 0 Å². The summed E-state index contributed by atoms with van der Waals surface area (Å²) in [4.78, 5) is 0. The first kappa shape index (κ1) is 15.7. The van der Waals surface area contributed by atoms with Crippen molar-refractivity contribution >= 4 is 34.8 Å². The fourth-order valence-corrected chi connectivity index (χ4v) is 0. The van der Waals surface area contributed by atoms with Gasteiger partial charge in [-0.15, -0.1) is 0 Å². The molecule has 0 amide bonds. The van der Waals surface area contributed by atoms with Crippen LogP contribution in [-0.2, 0) is 0 Å². The predicted molar refractivity (Wildman–Crippen MR) is 21.3 cm³/mol. The van der Waals surface area contributed by atoms with E-state index in [0.29, 0.717) is 0 Å². The van der Waals surface area contributed by atoms with E-state index >= 15 is 0 Å². The second-order valence-electron chi connectivity index (χ2n) is 0.247. The summed E-state index contributed by atoms with van der Waals surface area (Å²) >= 11 is 14.4. The van der Waals surface area contributed by atoms with Crippen LogP contribution in [0, 0.1) is 0 Å². The molecule has 0 aliphatic heterocycles. The fourth-order valence-electron chi connectivity index (χ4n) is 0. The van der Waals surface area contributed by atoms with Gasteiger partial charge in [0, 0.05) is 0 Å². The number of halogens is 4. The molecule has 0 aliphatic rings. The molecule has 0 saturated carbocycles. The van der Waals surface area contributed by atoms with Crippen LogP contribution in [0.15, 0.2) is 0 Å². The summed E-state index contributed by atoms with van der Waals surface area (Å²) in [5.74, 6) is 0. The van der Waals surface area contributed by atoms with Crippen molar-refractivity contribution in [3.63, 3.8) is 0 Å². The van der Waals surface area contributed by atoms with Gasteiger partial charge in [0.25, 0.3) is 0 Å². The molecular formula is CHCl3FNa. The normalized spacial score (nSPS) is 6.00. The van der Waals surface area contributed by atoms with Gasteiger partial charge in [-0.05, 0) is 0 Å². The SMILES string of the molecule is ClC(Cl)Cl.[F-].[Na+]. The molecule has 0 unspecified atom stereocenters. The minimum absolute atomic E-state index is 0. The first-order valence-electron chi connectivity index (χ1n) is 0.655. The molecule has 0 aliphatic carbocycles. The summed E-state index contributed by atoms with van der Waals surface area (Å²) in [6.07, 6.45) is 0. The van der Waals surface area contributed by atoms with E-state index < -0.39 is 4.30 Å². The number of alkyl halides is 3. The van der Waals surface area contributed by atoms with Crippen molar-refractivity contribution in [1.29, 1.82) is 0 Å². The van der Waals surface area contributed by atoms with Gasteiger partial charge >= 0.3 is 29.6 Å². The Morgan fingerprint density at radius 1 is 1.00 bits per heavy atom. The Balaban J connectivity index is -0.0000000450. The third-order valence-electron chi connectivity index (χ3n) is 0. The van der Waals surface area contributed by atoms with E-state index in [-0.39, 0.29) is 34.3 Å². The molecule has 0 atom stereocenters. The average Bonchev–Trinajstić information content (AvgIpc) is 0.811. The van der Waals surface area contributed by atoms with Gasteiger partial charge in [-0.1, -0.05) is 34.8 Å². The van der Waals surface area contributed by atoms with Crippen molar-refractivity contribution in [3.05, 3.63) is 0 Å². The van der Waals surface area contributed by atoms with E-state index in [1.54, 1.807) is 0 Å². The molecule has 0 aromatic rings. The van der Waals surface area contributed by atoms with E-state index in [0.717, 1.165) is 0 Å². The smallest absolute Gasteiger partial charge is 1.00 e. The zero-order valence-electron chi connectivity index (χ0n) is 3.09. The largest absolute Gasteiger partial charge is 1.00 e. The van der Waals surface area contributed by atoms with Crippen LogP contribution in [0.2, 0.25) is 0 Å². The Morgan fingerprint density at radius 3 is 1.00 bits per heavy atom. The van der Waals surface area contributed by atoms with E-state index in [1.165, 1.54) is 0 Å². The summed E-state index contributed by atoms with van der Waals surface area (Å²) in [6, 6.07) is 0. The maximum absolute atomic E-state index is 4.81. The molecular weight excluding hydrogens is 160 g/mol. The van der Waals surface area contributed by atoms with Crippen molar-refractivity contribution in [2.24, 2.45) is 0 Å². The molecule has 0 aromatic carbocycles. The van der Waals surface area contributed by atoms with E-state index in [1.807, 2.05) is 0 Å². The molecule has 0 N–H and O–H groups in total. The second-order valence-corrected chi connectivity index (χ2v) is 2.23. The van der Waals surface area contributed by atoms with Gasteiger partial charge < -0.3 is 4.70 Å². The third-order valence-corrected chi connectivity index (χ3v) is 0. The quantitative estimate of drug-likeness (QED) is 0.251. The minimum Gasteiger partial charge on any atom is -1.00 e. The average molecular weight is 161 g/mol. The Hall–Kier alpha value is 1.80. The summed E-state index contributed by atoms with van der Waals surface area (Å²) in [5, 5.41) is 0. The molecule has 0 nitrogen and oxygen atoms in total. The second kappa shape index (κ2) is 9.93. The molecule has 0 radical (unpaired) electrons. The molecule has 0 bridgehead atoms. The fraction of sp³-hybridized carbons (Fsp3) is 1.00. The van der Waals surface area contributed by atoms with Gasteiger partial charge in [0.2, 0.25) is 0 Å². The molecule has 0 saturated heterocycles. The van der Waals surface area contributed by atoms with Gasteiger partial charge in [0.15, 0.2) is 4.30 Å². The molecule has 6 heavy (non-hydrogen) atoms. The van der Waals surface area contributed by atoms with Crippen LogP contribution in [0.4, 0.5) is 0 Å². The Bertz CT molecular complexity index is 15.5. The minimum atomic E-state index is -0.750. The van der Waals surface area contributed by atoms with Gasteiger partial charge in [-0.2, -0.15) is 0 Å². The van der Waals surface area contributed by atoms with Crippen molar-refractivity contribution in [3.8, 4) is 0 Å². The maximum atomic E-state index is 4.81. The Kier molecular flexibility index (Phi) is 25.9. The Labute approximate surface area is 72.8 Å². The van der Waals surface area contributed by atoms with E-state index in [9.17, 15) is 0 Å². The number of hydrogen-bond donors (Lipinski definition) is 0.